The highest BCUT2D eigenvalue weighted by atomic mass is 79.9. The van der Waals surface area contributed by atoms with E-state index in [-0.39, 0.29) is 0 Å². The van der Waals surface area contributed by atoms with Crippen LogP contribution < -0.4 is 0 Å². The van der Waals surface area contributed by atoms with Crippen LogP contribution in [-0.2, 0) is 0 Å². The molecule has 0 bridgehead atoms. The molecule has 0 spiro atoms. The van der Waals surface area contributed by atoms with Crippen molar-refractivity contribution >= 4 is 15.9 Å². The normalized spacial score (nSPS) is 37.8. The Morgan fingerprint density at radius 1 is 1.08 bits per heavy atom. The van der Waals surface area contributed by atoms with Gasteiger partial charge >= 0.3 is 0 Å². The molecule has 0 amide bonds. The summed E-state index contributed by atoms with van der Waals surface area (Å²) < 4.78 is 0. The molecule has 0 aliphatic heterocycles. The molecular weight excluding hydrogens is 224 g/mol. The third-order valence-electron chi connectivity index (χ3n) is 3.66. The summed E-state index contributed by atoms with van der Waals surface area (Å²) in [4.78, 5) is 0.697. The van der Waals surface area contributed by atoms with Crippen molar-refractivity contribution in [2.45, 2.75) is 51.8 Å². The molecular formula is C12H23Br. The standard InChI is InChI=1S/C12H23Br/c1-8(2)11-6-5-9(3)7-12(11)10(4)13/h8-12H,5-7H2,1-4H3. The summed E-state index contributed by atoms with van der Waals surface area (Å²) in [6.45, 7) is 9.48. The Hall–Kier alpha value is 0.480. The van der Waals surface area contributed by atoms with E-state index >= 15 is 0 Å². The molecule has 4 unspecified atom stereocenters. The number of halogens is 1. The van der Waals surface area contributed by atoms with Gasteiger partial charge in [0.05, 0.1) is 0 Å². The van der Waals surface area contributed by atoms with E-state index in [1.54, 1.807) is 0 Å². The fourth-order valence-corrected chi connectivity index (χ4v) is 3.41. The minimum atomic E-state index is 0.697. The maximum atomic E-state index is 3.77. The van der Waals surface area contributed by atoms with Crippen molar-refractivity contribution in [2.75, 3.05) is 0 Å². The molecule has 1 heteroatoms. The van der Waals surface area contributed by atoms with Gasteiger partial charge in [0.15, 0.2) is 0 Å². The molecule has 1 fully saturated rings. The molecule has 0 N–H and O–H groups in total. The summed E-state index contributed by atoms with van der Waals surface area (Å²) >= 11 is 3.77. The van der Waals surface area contributed by atoms with Crippen LogP contribution in [0.2, 0.25) is 0 Å². The van der Waals surface area contributed by atoms with Crippen LogP contribution in [0.4, 0.5) is 0 Å². The van der Waals surface area contributed by atoms with Gasteiger partial charge in [0, 0.05) is 4.83 Å². The molecule has 13 heavy (non-hydrogen) atoms. The van der Waals surface area contributed by atoms with Crippen LogP contribution in [0.5, 0.6) is 0 Å². The zero-order valence-electron chi connectivity index (χ0n) is 9.39. The van der Waals surface area contributed by atoms with Gasteiger partial charge in [0.25, 0.3) is 0 Å². The lowest BCUT2D eigenvalue weighted by molar-refractivity contribution is 0.146. The zero-order chi connectivity index (χ0) is 10.0. The fraction of sp³-hybridized carbons (Fsp3) is 1.00. The van der Waals surface area contributed by atoms with Crippen LogP contribution in [0.25, 0.3) is 0 Å². The molecule has 0 aromatic carbocycles. The van der Waals surface area contributed by atoms with Crippen LogP contribution in [0.1, 0.15) is 47.0 Å². The first kappa shape index (κ1) is 11.6. The van der Waals surface area contributed by atoms with E-state index in [0.717, 1.165) is 23.7 Å². The van der Waals surface area contributed by atoms with Gasteiger partial charge in [-0.2, -0.15) is 0 Å². The van der Waals surface area contributed by atoms with E-state index < -0.39 is 0 Å². The zero-order valence-corrected chi connectivity index (χ0v) is 11.0. The van der Waals surface area contributed by atoms with E-state index in [4.69, 9.17) is 0 Å². The quantitative estimate of drug-likeness (QED) is 0.631. The Morgan fingerprint density at radius 2 is 1.69 bits per heavy atom. The van der Waals surface area contributed by atoms with Crippen LogP contribution in [0, 0.1) is 23.7 Å². The Labute approximate surface area is 91.6 Å². The molecule has 0 saturated heterocycles. The highest BCUT2D eigenvalue weighted by molar-refractivity contribution is 9.09. The fourth-order valence-electron chi connectivity index (χ4n) is 2.80. The number of hydrogen-bond acceptors (Lipinski definition) is 0. The Bertz CT molecular complexity index is 151. The number of hydrogen-bond donors (Lipinski definition) is 0. The Balaban J connectivity index is 2.60. The lowest BCUT2D eigenvalue weighted by Crippen LogP contribution is -2.32. The van der Waals surface area contributed by atoms with E-state index in [2.05, 4.69) is 43.6 Å². The topological polar surface area (TPSA) is 0 Å². The van der Waals surface area contributed by atoms with Gasteiger partial charge < -0.3 is 0 Å². The summed E-state index contributed by atoms with van der Waals surface area (Å²) in [7, 11) is 0. The largest absolute Gasteiger partial charge is 0.0891 e. The highest BCUT2D eigenvalue weighted by Crippen LogP contribution is 2.41. The van der Waals surface area contributed by atoms with Crippen molar-refractivity contribution in [3.8, 4) is 0 Å². The Morgan fingerprint density at radius 3 is 2.15 bits per heavy atom. The predicted molar refractivity (Wildman–Crippen MR) is 63.2 cm³/mol. The molecule has 78 valence electrons. The van der Waals surface area contributed by atoms with Crippen molar-refractivity contribution in [1.29, 1.82) is 0 Å². The first-order chi connectivity index (χ1) is 6.02. The first-order valence-electron chi connectivity index (χ1n) is 5.66. The Kier molecular flexibility index (Phi) is 4.28. The average molecular weight is 247 g/mol. The van der Waals surface area contributed by atoms with Crippen molar-refractivity contribution in [3.63, 3.8) is 0 Å². The summed E-state index contributed by atoms with van der Waals surface area (Å²) in [5.41, 5.74) is 0. The molecule has 0 aromatic rings. The van der Waals surface area contributed by atoms with Crippen molar-refractivity contribution < 1.29 is 0 Å². The van der Waals surface area contributed by atoms with Crippen LogP contribution in [0.3, 0.4) is 0 Å². The van der Waals surface area contributed by atoms with E-state index in [1.807, 2.05) is 0 Å². The highest BCUT2D eigenvalue weighted by Gasteiger charge is 2.32. The van der Waals surface area contributed by atoms with Gasteiger partial charge in [-0.05, 0) is 36.5 Å². The van der Waals surface area contributed by atoms with Crippen molar-refractivity contribution in [3.05, 3.63) is 0 Å². The van der Waals surface area contributed by atoms with Crippen LogP contribution in [-0.4, -0.2) is 4.83 Å². The SMILES string of the molecule is CC1CCC(C(C)C)C(C(C)Br)C1. The molecule has 0 aromatic heterocycles. The molecule has 0 heterocycles. The molecule has 4 atom stereocenters. The van der Waals surface area contributed by atoms with Gasteiger partial charge in [-0.1, -0.05) is 50.0 Å². The van der Waals surface area contributed by atoms with Crippen molar-refractivity contribution in [1.82, 2.24) is 0 Å². The molecule has 1 saturated carbocycles. The second-order valence-corrected chi connectivity index (χ2v) is 6.61. The van der Waals surface area contributed by atoms with Gasteiger partial charge in [0.1, 0.15) is 0 Å². The van der Waals surface area contributed by atoms with Gasteiger partial charge in [0.2, 0.25) is 0 Å². The summed E-state index contributed by atoms with van der Waals surface area (Å²) in [6.07, 6.45) is 4.31. The lowest BCUT2D eigenvalue weighted by atomic mass is 9.69. The third kappa shape index (κ3) is 2.97. The first-order valence-corrected chi connectivity index (χ1v) is 6.58. The average Bonchev–Trinajstić information content (AvgIpc) is 2.03. The molecule has 1 aliphatic carbocycles. The lowest BCUT2D eigenvalue weighted by Gasteiger charge is -2.39. The molecule has 1 rings (SSSR count). The van der Waals surface area contributed by atoms with Gasteiger partial charge in [-0.3, -0.25) is 0 Å². The van der Waals surface area contributed by atoms with Gasteiger partial charge in [-0.15, -0.1) is 0 Å². The molecule has 0 nitrogen and oxygen atoms in total. The number of alkyl halides is 1. The predicted octanol–water partition coefficient (Wildman–Crippen LogP) is 4.48. The molecule has 0 radical (unpaired) electrons. The monoisotopic (exact) mass is 246 g/mol. The smallest absolute Gasteiger partial charge is 0.0148 e. The van der Waals surface area contributed by atoms with E-state index in [9.17, 15) is 0 Å². The van der Waals surface area contributed by atoms with E-state index in [0.29, 0.717) is 4.83 Å². The summed E-state index contributed by atoms with van der Waals surface area (Å²) in [6, 6.07) is 0. The summed E-state index contributed by atoms with van der Waals surface area (Å²) in [5, 5.41) is 0. The maximum Gasteiger partial charge on any atom is 0.0148 e. The van der Waals surface area contributed by atoms with Crippen LogP contribution >= 0.6 is 15.9 Å². The maximum absolute atomic E-state index is 3.77. The van der Waals surface area contributed by atoms with Gasteiger partial charge in [-0.25, -0.2) is 0 Å². The summed E-state index contributed by atoms with van der Waals surface area (Å²) in [5.74, 6) is 3.66. The molecule has 1 aliphatic rings. The number of rotatable bonds is 2. The van der Waals surface area contributed by atoms with E-state index in [1.165, 1.54) is 19.3 Å². The van der Waals surface area contributed by atoms with Crippen LogP contribution in [0.15, 0.2) is 0 Å². The second kappa shape index (κ2) is 4.82. The minimum absolute atomic E-state index is 0.697. The minimum Gasteiger partial charge on any atom is -0.0891 e. The third-order valence-corrected chi connectivity index (χ3v) is 4.34. The van der Waals surface area contributed by atoms with Crippen molar-refractivity contribution in [2.24, 2.45) is 23.7 Å². The second-order valence-electron chi connectivity index (χ2n) is 5.17.